The maximum absolute atomic E-state index is 14.2. The summed E-state index contributed by atoms with van der Waals surface area (Å²) in [5.41, 5.74) is 2.13. The van der Waals surface area contributed by atoms with Crippen molar-refractivity contribution in [1.29, 1.82) is 0 Å². The summed E-state index contributed by atoms with van der Waals surface area (Å²) >= 11 is 6.23. The fourth-order valence-corrected chi connectivity index (χ4v) is 4.82. The number of halogens is 1. The lowest BCUT2D eigenvalue weighted by atomic mass is 9.79. The van der Waals surface area contributed by atoms with Gasteiger partial charge >= 0.3 is 5.97 Å². The Bertz CT molecular complexity index is 1680. The number of aliphatic carboxylic acids is 1. The minimum atomic E-state index is -1.25. The third-order valence-electron chi connectivity index (χ3n) is 7.08. The molecular weight excluding hydrogens is 540 g/mol. The Hall–Kier alpha value is -3.97. The van der Waals surface area contributed by atoms with Crippen LogP contribution in [0.3, 0.4) is 0 Å². The Balaban J connectivity index is 1.97. The topological polar surface area (TPSA) is 98.0 Å². The second-order valence-electron chi connectivity index (χ2n) is 12.1. The smallest absolute Gasteiger partial charge is 0.309 e. The molecule has 1 aromatic carbocycles. The van der Waals surface area contributed by atoms with Gasteiger partial charge in [-0.1, -0.05) is 38.4 Å². The van der Waals surface area contributed by atoms with Crippen LogP contribution in [0.1, 0.15) is 83.5 Å². The van der Waals surface area contributed by atoms with Gasteiger partial charge in [0, 0.05) is 39.5 Å². The van der Waals surface area contributed by atoms with Crippen LogP contribution >= 0.6 is 11.6 Å². The maximum Gasteiger partial charge on any atom is 0.309 e. The lowest BCUT2D eigenvalue weighted by Crippen LogP contribution is -2.29. The van der Waals surface area contributed by atoms with Crippen molar-refractivity contribution in [3.63, 3.8) is 0 Å². The van der Waals surface area contributed by atoms with E-state index >= 15 is 0 Å². The first-order valence-electron chi connectivity index (χ1n) is 13.4. The number of carbonyl (C=O) groups is 3. The number of ether oxygens (including phenoxy) is 1. The van der Waals surface area contributed by atoms with E-state index in [0.29, 0.717) is 33.0 Å². The lowest BCUT2D eigenvalue weighted by molar-refractivity contribution is -0.146. The number of carbonyl (C=O) groups excluding carboxylic acids is 2. The number of aromatic nitrogens is 2. The number of carboxylic acids is 1. The van der Waals surface area contributed by atoms with E-state index in [1.165, 1.54) is 0 Å². The van der Waals surface area contributed by atoms with E-state index in [9.17, 15) is 19.5 Å². The molecule has 41 heavy (non-hydrogen) atoms. The van der Waals surface area contributed by atoms with Crippen LogP contribution in [-0.4, -0.2) is 32.0 Å². The summed E-state index contributed by atoms with van der Waals surface area (Å²) in [5, 5.41) is 10.5. The number of ketones is 2. The number of carboxylic acid groups (broad SMARTS) is 1. The summed E-state index contributed by atoms with van der Waals surface area (Å²) in [5.74, 6) is -1.07. The predicted molar refractivity (Wildman–Crippen MR) is 159 cm³/mol. The van der Waals surface area contributed by atoms with Gasteiger partial charge in [0.05, 0.1) is 22.3 Å². The standard InChI is InChI=1S/C33H35ClN2O5/c1-19-15-21(11-12-25(19)34)29(37)28-24(17-33(6,7)31(39)40)27(30(38)32(3,4)5)26-16-23(13-14-36(26)28)41-18-22-10-8-9-20(2)35-22/h8-16H,17-18H2,1-7H3,(H,39,40). The molecule has 0 atom stereocenters. The van der Waals surface area contributed by atoms with E-state index < -0.39 is 16.8 Å². The highest BCUT2D eigenvalue weighted by molar-refractivity contribution is 6.31. The van der Waals surface area contributed by atoms with Crippen molar-refractivity contribution in [3.8, 4) is 5.75 Å². The van der Waals surface area contributed by atoms with Gasteiger partial charge in [-0.25, -0.2) is 0 Å². The zero-order valence-corrected chi connectivity index (χ0v) is 25.2. The summed E-state index contributed by atoms with van der Waals surface area (Å²) in [6.07, 6.45) is 1.67. The van der Waals surface area contributed by atoms with Crippen LogP contribution in [0.5, 0.6) is 5.75 Å². The summed E-state index contributed by atoms with van der Waals surface area (Å²) in [4.78, 5) is 44.9. The Morgan fingerprint density at radius 3 is 2.32 bits per heavy atom. The third kappa shape index (κ3) is 6.20. The number of fused-ring (bicyclic) bond motifs is 1. The van der Waals surface area contributed by atoms with Crippen molar-refractivity contribution < 1.29 is 24.2 Å². The van der Waals surface area contributed by atoms with Gasteiger partial charge in [-0.05, 0) is 81.6 Å². The van der Waals surface area contributed by atoms with E-state index in [4.69, 9.17) is 16.3 Å². The minimum Gasteiger partial charge on any atom is -0.487 e. The molecule has 7 nitrogen and oxygen atoms in total. The van der Waals surface area contributed by atoms with Crippen LogP contribution in [0.4, 0.5) is 0 Å². The molecule has 0 radical (unpaired) electrons. The number of pyridine rings is 2. The van der Waals surface area contributed by atoms with E-state index in [2.05, 4.69) is 4.98 Å². The molecule has 214 valence electrons. The molecule has 0 unspecified atom stereocenters. The van der Waals surface area contributed by atoms with Gasteiger partial charge in [-0.2, -0.15) is 0 Å². The van der Waals surface area contributed by atoms with Crippen molar-refractivity contribution in [2.45, 2.75) is 61.5 Å². The largest absolute Gasteiger partial charge is 0.487 e. The molecule has 1 N–H and O–H groups in total. The van der Waals surface area contributed by atoms with Crippen LogP contribution in [0.15, 0.2) is 54.7 Å². The molecule has 0 saturated carbocycles. The first-order chi connectivity index (χ1) is 19.1. The number of hydrogen-bond donors (Lipinski definition) is 1. The minimum absolute atomic E-state index is 0.0295. The Labute approximate surface area is 245 Å². The normalized spacial score (nSPS) is 12.0. The monoisotopic (exact) mass is 574 g/mol. The number of hydrogen-bond acceptors (Lipinski definition) is 5. The molecule has 4 aromatic rings. The molecule has 0 saturated heterocycles. The van der Waals surface area contributed by atoms with Gasteiger partial charge < -0.3 is 14.2 Å². The SMILES string of the molecule is Cc1cccc(COc2ccn3c(C(=O)c4ccc(Cl)c(C)c4)c(CC(C)(C)C(=O)O)c(C(=O)C(C)(C)C)c3c2)n1. The first kappa shape index (κ1) is 30.0. The van der Waals surface area contributed by atoms with E-state index in [1.807, 2.05) is 32.0 Å². The number of aryl methyl sites for hydroxylation is 2. The van der Waals surface area contributed by atoms with Gasteiger partial charge in [-0.15, -0.1) is 0 Å². The highest BCUT2D eigenvalue weighted by Gasteiger charge is 2.37. The zero-order chi connectivity index (χ0) is 30.3. The zero-order valence-electron chi connectivity index (χ0n) is 24.5. The summed E-state index contributed by atoms with van der Waals surface area (Å²) in [6, 6.07) is 14.1. The number of benzene rings is 1. The number of Topliss-reactive ketones (excluding diaryl/α,β-unsaturated/α-hetero) is 1. The van der Waals surface area contributed by atoms with E-state index in [1.54, 1.807) is 75.5 Å². The fraction of sp³-hybridized carbons (Fsp3) is 0.333. The second-order valence-corrected chi connectivity index (χ2v) is 12.5. The van der Waals surface area contributed by atoms with Gasteiger partial charge in [0.25, 0.3) is 0 Å². The van der Waals surface area contributed by atoms with Crippen molar-refractivity contribution in [2.75, 3.05) is 0 Å². The quantitative estimate of drug-likeness (QED) is 0.211. The van der Waals surface area contributed by atoms with Crippen LogP contribution in [0.25, 0.3) is 5.52 Å². The summed E-state index contributed by atoms with van der Waals surface area (Å²) < 4.78 is 7.73. The Kier molecular flexibility index (Phi) is 8.14. The predicted octanol–water partition coefficient (Wildman–Crippen LogP) is 7.30. The van der Waals surface area contributed by atoms with E-state index in [0.717, 1.165) is 17.0 Å². The number of nitrogens with zero attached hydrogens (tertiary/aromatic N) is 2. The highest BCUT2D eigenvalue weighted by Crippen LogP contribution is 2.37. The second kappa shape index (κ2) is 11.1. The molecule has 0 bridgehead atoms. The average molecular weight is 575 g/mol. The Morgan fingerprint density at radius 2 is 1.71 bits per heavy atom. The Morgan fingerprint density at radius 1 is 1.00 bits per heavy atom. The fourth-order valence-electron chi connectivity index (χ4n) is 4.70. The molecule has 0 spiro atoms. The number of rotatable bonds is 9. The molecule has 0 fully saturated rings. The van der Waals surface area contributed by atoms with Gasteiger partial charge in [0.1, 0.15) is 12.4 Å². The van der Waals surface area contributed by atoms with E-state index in [-0.39, 0.29) is 30.3 Å². The summed E-state index contributed by atoms with van der Waals surface area (Å²) in [6.45, 7) is 12.5. The first-order valence-corrected chi connectivity index (χ1v) is 13.8. The summed E-state index contributed by atoms with van der Waals surface area (Å²) in [7, 11) is 0. The molecular formula is C33H35ClN2O5. The van der Waals surface area contributed by atoms with Gasteiger partial charge in [0.15, 0.2) is 5.78 Å². The molecule has 0 aliphatic heterocycles. The van der Waals surface area contributed by atoms with Gasteiger partial charge in [0.2, 0.25) is 5.78 Å². The molecule has 0 aliphatic carbocycles. The van der Waals surface area contributed by atoms with Crippen molar-refractivity contribution in [2.24, 2.45) is 10.8 Å². The molecule has 3 heterocycles. The van der Waals surface area contributed by atoms with Gasteiger partial charge in [-0.3, -0.25) is 19.4 Å². The van der Waals surface area contributed by atoms with Crippen LogP contribution < -0.4 is 4.74 Å². The average Bonchev–Trinajstić information content (AvgIpc) is 3.19. The molecule has 3 aromatic heterocycles. The van der Waals surface area contributed by atoms with Crippen LogP contribution in [0.2, 0.25) is 5.02 Å². The molecule has 0 amide bonds. The van der Waals surface area contributed by atoms with Crippen LogP contribution in [-0.2, 0) is 17.8 Å². The molecule has 0 aliphatic rings. The highest BCUT2D eigenvalue weighted by atomic mass is 35.5. The molecule has 4 rings (SSSR count). The maximum atomic E-state index is 14.2. The van der Waals surface area contributed by atoms with Crippen molar-refractivity contribution >= 4 is 34.7 Å². The van der Waals surface area contributed by atoms with Crippen molar-refractivity contribution in [1.82, 2.24) is 9.38 Å². The van der Waals surface area contributed by atoms with Crippen molar-refractivity contribution in [3.05, 3.63) is 99.1 Å². The van der Waals surface area contributed by atoms with Crippen LogP contribution in [0, 0.1) is 24.7 Å². The molecule has 8 heteroatoms. The lowest BCUT2D eigenvalue weighted by Gasteiger charge is -2.22. The third-order valence-corrected chi connectivity index (χ3v) is 7.51.